The summed E-state index contributed by atoms with van der Waals surface area (Å²) in [6.45, 7) is 1.11. The molecule has 0 heterocycles. The first kappa shape index (κ1) is 10.9. The van der Waals surface area contributed by atoms with Gasteiger partial charge in [-0.2, -0.15) is 0 Å². The van der Waals surface area contributed by atoms with Gasteiger partial charge in [-0.25, -0.2) is 0 Å². The summed E-state index contributed by atoms with van der Waals surface area (Å²) >= 11 is 0. The van der Waals surface area contributed by atoms with Crippen LogP contribution in [0.5, 0.6) is 0 Å². The van der Waals surface area contributed by atoms with Crippen LogP contribution < -0.4 is 0 Å². The van der Waals surface area contributed by atoms with Crippen LogP contribution in [0.4, 0.5) is 0 Å². The molecule has 1 unspecified atom stereocenters. The molecule has 0 aromatic carbocycles. The molecular weight excluding hydrogens is 168 g/mol. The van der Waals surface area contributed by atoms with Crippen molar-refractivity contribution in [3.8, 4) is 0 Å². The normalized spacial score (nSPS) is 15.7. The third kappa shape index (κ3) is 2.48. The van der Waals surface area contributed by atoms with E-state index in [0.717, 1.165) is 6.92 Å². The molecule has 4 N–H and O–H groups in total. The predicted octanol–water partition coefficient (Wildman–Crippen LogP) is -1.49. The number of hydrogen-bond donors (Lipinski definition) is 4. The standard InChI is InChI=1S/C6H10O6/c1-2(7)4(8)3(5(9)10)6(11)12/h2-4,7-8H,1H3,(H,9,10)(H,11,12)/t2?,4-/m1/s1. The fraction of sp³-hybridized carbons (Fsp3) is 0.667. The van der Waals surface area contributed by atoms with E-state index in [4.69, 9.17) is 20.4 Å². The summed E-state index contributed by atoms with van der Waals surface area (Å²) in [5.74, 6) is -5.32. The lowest BCUT2D eigenvalue weighted by Gasteiger charge is -2.17. The maximum absolute atomic E-state index is 10.2. The summed E-state index contributed by atoms with van der Waals surface area (Å²) in [4.78, 5) is 20.5. The number of aliphatic hydroxyl groups excluding tert-OH is 2. The van der Waals surface area contributed by atoms with Gasteiger partial charge in [0.05, 0.1) is 6.10 Å². The van der Waals surface area contributed by atoms with E-state index in [-0.39, 0.29) is 0 Å². The Kier molecular flexibility index (Phi) is 3.65. The first-order chi connectivity index (χ1) is 5.37. The van der Waals surface area contributed by atoms with Crippen molar-refractivity contribution < 1.29 is 30.0 Å². The summed E-state index contributed by atoms with van der Waals surface area (Å²) < 4.78 is 0. The summed E-state index contributed by atoms with van der Waals surface area (Å²) in [6, 6.07) is 0. The Bertz CT molecular complexity index is 172. The molecule has 0 saturated carbocycles. The molecule has 0 saturated heterocycles. The number of carboxylic acid groups (broad SMARTS) is 2. The Morgan fingerprint density at radius 1 is 1.08 bits per heavy atom. The molecule has 0 aliphatic rings. The van der Waals surface area contributed by atoms with E-state index >= 15 is 0 Å². The Morgan fingerprint density at radius 3 is 1.50 bits per heavy atom. The number of hydrogen-bond acceptors (Lipinski definition) is 4. The summed E-state index contributed by atoms with van der Waals surface area (Å²) in [7, 11) is 0. The molecule has 6 heteroatoms. The van der Waals surface area contributed by atoms with Gasteiger partial charge in [0.1, 0.15) is 6.10 Å². The van der Waals surface area contributed by atoms with Crippen molar-refractivity contribution in [2.75, 3.05) is 0 Å². The molecule has 70 valence electrons. The van der Waals surface area contributed by atoms with Crippen LogP contribution in [0.1, 0.15) is 6.92 Å². The third-order valence-corrected chi connectivity index (χ3v) is 1.37. The molecular formula is C6H10O6. The van der Waals surface area contributed by atoms with E-state index in [0.29, 0.717) is 0 Å². The average Bonchev–Trinajstić information content (AvgIpc) is 1.85. The Labute approximate surface area is 68.1 Å². The average molecular weight is 178 g/mol. The van der Waals surface area contributed by atoms with Crippen LogP contribution in [-0.4, -0.2) is 44.6 Å². The molecule has 0 spiro atoms. The van der Waals surface area contributed by atoms with Crippen LogP contribution in [-0.2, 0) is 9.59 Å². The van der Waals surface area contributed by atoms with Crippen molar-refractivity contribution in [2.24, 2.45) is 5.92 Å². The fourth-order valence-corrected chi connectivity index (χ4v) is 0.676. The SMILES string of the molecule is CC(O)[C@@H](O)C(C(=O)O)C(=O)O. The van der Waals surface area contributed by atoms with Gasteiger partial charge >= 0.3 is 11.9 Å². The molecule has 0 amide bonds. The van der Waals surface area contributed by atoms with E-state index in [1.165, 1.54) is 0 Å². The number of aliphatic hydroxyl groups is 2. The van der Waals surface area contributed by atoms with Gasteiger partial charge in [0, 0.05) is 0 Å². The van der Waals surface area contributed by atoms with E-state index < -0.39 is 30.1 Å². The van der Waals surface area contributed by atoms with Crippen LogP contribution in [0.25, 0.3) is 0 Å². The Hall–Kier alpha value is -1.14. The largest absolute Gasteiger partial charge is 0.481 e. The molecule has 0 fully saturated rings. The number of carbonyl (C=O) groups is 2. The maximum Gasteiger partial charge on any atom is 0.320 e. The van der Waals surface area contributed by atoms with Gasteiger partial charge in [0.25, 0.3) is 0 Å². The highest BCUT2D eigenvalue weighted by molar-refractivity contribution is 5.93. The number of aliphatic carboxylic acids is 2. The van der Waals surface area contributed by atoms with Crippen LogP contribution in [0.15, 0.2) is 0 Å². The lowest BCUT2D eigenvalue weighted by atomic mass is 9.99. The minimum atomic E-state index is -1.98. The lowest BCUT2D eigenvalue weighted by Crippen LogP contribution is -2.41. The van der Waals surface area contributed by atoms with Gasteiger partial charge < -0.3 is 20.4 Å². The quantitative estimate of drug-likeness (QED) is 0.390. The summed E-state index contributed by atoms with van der Waals surface area (Å²) in [5.41, 5.74) is 0. The van der Waals surface area contributed by atoms with Gasteiger partial charge in [-0.05, 0) is 6.92 Å². The molecule has 2 atom stereocenters. The molecule has 0 radical (unpaired) electrons. The fourth-order valence-electron chi connectivity index (χ4n) is 0.676. The second-order valence-corrected chi connectivity index (χ2v) is 2.39. The van der Waals surface area contributed by atoms with Gasteiger partial charge in [0.15, 0.2) is 5.92 Å². The smallest absolute Gasteiger partial charge is 0.320 e. The first-order valence-corrected chi connectivity index (χ1v) is 3.19. The maximum atomic E-state index is 10.2. The van der Waals surface area contributed by atoms with Gasteiger partial charge in [-0.15, -0.1) is 0 Å². The van der Waals surface area contributed by atoms with Crippen LogP contribution in [0.2, 0.25) is 0 Å². The third-order valence-electron chi connectivity index (χ3n) is 1.37. The molecule has 6 nitrogen and oxygen atoms in total. The zero-order valence-corrected chi connectivity index (χ0v) is 6.34. The molecule has 0 bridgehead atoms. The first-order valence-electron chi connectivity index (χ1n) is 3.19. The monoisotopic (exact) mass is 178 g/mol. The Morgan fingerprint density at radius 2 is 1.42 bits per heavy atom. The zero-order chi connectivity index (χ0) is 9.89. The van der Waals surface area contributed by atoms with Crippen LogP contribution >= 0.6 is 0 Å². The van der Waals surface area contributed by atoms with Crippen LogP contribution in [0.3, 0.4) is 0 Å². The molecule has 0 aliphatic heterocycles. The second-order valence-electron chi connectivity index (χ2n) is 2.39. The second kappa shape index (κ2) is 4.03. The highest BCUT2D eigenvalue weighted by atomic mass is 16.4. The highest BCUT2D eigenvalue weighted by Crippen LogP contribution is 2.08. The highest BCUT2D eigenvalue weighted by Gasteiger charge is 2.36. The zero-order valence-electron chi connectivity index (χ0n) is 6.34. The van der Waals surface area contributed by atoms with Crippen molar-refractivity contribution in [2.45, 2.75) is 19.1 Å². The lowest BCUT2D eigenvalue weighted by molar-refractivity contribution is -0.163. The minimum Gasteiger partial charge on any atom is -0.481 e. The molecule has 12 heavy (non-hydrogen) atoms. The van der Waals surface area contributed by atoms with E-state index in [2.05, 4.69) is 0 Å². The van der Waals surface area contributed by atoms with Crippen molar-refractivity contribution in [3.05, 3.63) is 0 Å². The Balaban J connectivity index is 4.52. The van der Waals surface area contributed by atoms with E-state index in [1.54, 1.807) is 0 Å². The van der Waals surface area contributed by atoms with Crippen molar-refractivity contribution in [1.82, 2.24) is 0 Å². The molecule has 0 aliphatic carbocycles. The topological polar surface area (TPSA) is 115 Å². The van der Waals surface area contributed by atoms with Gasteiger partial charge in [-0.3, -0.25) is 9.59 Å². The van der Waals surface area contributed by atoms with Crippen molar-refractivity contribution in [3.63, 3.8) is 0 Å². The van der Waals surface area contributed by atoms with Gasteiger partial charge in [0.2, 0.25) is 0 Å². The van der Waals surface area contributed by atoms with Crippen molar-refractivity contribution in [1.29, 1.82) is 0 Å². The summed E-state index contributed by atoms with van der Waals surface area (Å²) in [6.07, 6.45) is -3.18. The van der Waals surface area contributed by atoms with Crippen LogP contribution in [0, 0.1) is 5.92 Å². The molecule has 0 aromatic rings. The van der Waals surface area contributed by atoms with E-state index in [1.807, 2.05) is 0 Å². The predicted molar refractivity (Wildman–Crippen MR) is 36.4 cm³/mol. The number of carboxylic acids is 2. The molecule has 0 aromatic heterocycles. The number of rotatable bonds is 4. The summed E-state index contributed by atoms with van der Waals surface area (Å²) in [5, 5.41) is 34.2. The van der Waals surface area contributed by atoms with Gasteiger partial charge in [-0.1, -0.05) is 0 Å². The van der Waals surface area contributed by atoms with Crippen molar-refractivity contribution >= 4 is 11.9 Å². The molecule has 0 rings (SSSR count). The minimum absolute atomic E-state index is 1.11. The van der Waals surface area contributed by atoms with E-state index in [9.17, 15) is 9.59 Å².